The van der Waals surface area contributed by atoms with E-state index in [0.717, 1.165) is 47.9 Å². The van der Waals surface area contributed by atoms with Gasteiger partial charge in [-0.2, -0.15) is 0 Å². The molecule has 1 saturated heterocycles. The Hall–Kier alpha value is -3.35. The average Bonchev–Trinajstić information content (AvgIpc) is 3.27. The number of fused-ring (bicyclic) bond motifs is 2. The first-order chi connectivity index (χ1) is 17.9. The van der Waals surface area contributed by atoms with E-state index in [4.69, 9.17) is 4.74 Å². The third-order valence-corrected chi connectivity index (χ3v) is 8.12. The standard InChI is InChI=1S/C30H36FN3O3/c1-3-23-24-18-22(31)11-12-25(24)33-27(23)28(35)34-16-14-30(15-17-34)13-7-6-9-21-8-4-5-10-26(21)37-19-20(2)32-29(30)36/h4-5,8,10-12,18,20,33H,3,6-7,9,13-17,19H2,1-2H3,(H,32,36)/t20-/m0/s1. The molecule has 3 aromatic rings. The van der Waals surface area contributed by atoms with E-state index < -0.39 is 5.41 Å². The minimum Gasteiger partial charge on any atom is -0.491 e. The van der Waals surface area contributed by atoms with Crippen LogP contribution in [0.2, 0.25) is 0 Å². The maximum Gasteiger partial charge on any atom is 0.270 e. The first-order valence-electron chi connectivity index (χ1n) is 13.5. The molecule has 2 aliphatic heterocycles. The summed E-state index contributed by atoms with van der Waals surface area (Å²) in [6.07, 6.45) is 5.55. The van der Waals surface area contributed by atoms with Gasteiger partial charge < -0.3 is 19.9 Å². The van der Waals surface area contributed by atoms with Crippen LogP contribution in [0.1, 0.15) is 67.6 Å². The van der Waals surface area contributed by atoms with Gasteiger partial charge in [0.15, 0.2) is 0 Å². The zero-order chi connectivity index (χ0) is 26.0. The number of piperidine rings is 1. The van der Waals surface area contributed by atoms with Crippen LogP contribution in [0.15, 0.2) is 42.5 Å². The molecule has 2 N–H and O–H groups in total. The van der Waals surface area contributed by atoms with Crippen LogP contribution in [0.5, 0.6) is 5.75 Å². The van der Waals surface area contributed by atoms with Crippen LogP contribution in [0.4, 0.5) is 4.39 Å². The summed E-state index contributed by atoms with van der Waals surface area (Å²) in [6.45, 7) is 5.42. The second-order valence-corrected chi connectivity index (χ2v) is 10.6. The number of carbonyl (C=O) groups excluding carboxylic acids is 2. The Morgan fingerprint density at radius 2 is 1.92 bits per heavy atom. The number of nitrogens with zero attached hydrogens (tertiary/aromatic N) is 1. The lowest BCUT2D eigenvalue weighted by molar-refractivity contribution is -0.135. The zero-order valence-electron chi connectivity index (χ0n) is 21.7. The van der Waals surface area contributed by atoms with Crippen LogP contribution in [-0.4, -0.2) is 47.4 Å². The molecular formula is C30H36FN3O3. The monoisotopic (exact) mass is 505 g/mol. The van der Waals surface area contributed by atoms with Crippen molar-refractivity contribution in [2.45, 2.75) is 64.8 Å². The third-order valence-electron chi connectivity index (χ3n) is 8.12. The van der Waals surface area contributed by atoms with Crippen molar-refractivity contribution in [3.63, 3.8) is 0 Å². The van der Waals surface area contributed by atoms with Crippen molar-refractivity contribution >= 4 is 22.7 Å². The van der Waals surface area contributed by atoms with Crippen molar-refractivity contribution < 1.29 is 18.7 Å². The molecule has 0 saturated carbocycles. The molecule has 1 fully saturated rings. The number of para-hydroxylation sites is 1. The molecule has 1 aromatic heterocycles. The largest absolute Gasteiger partial charge is 0.491 e. The SMILES string of the molecule is CCc1c(C(=O)N2CCC3(CCCCc4ccccc4OC[C@H](C)NC3=O)CC2)[nH]c2ccc(F)cc12. The minimum absolute atomic E-state index is 0.0693. The number of likely N-dealkylation sites (tertiary alicyclic amines) is 1. The van der Waals surface area contributed by atoms with E-state index in [1.54, 1.807) is 6.07 Å². The van der Waals surface area contributed by atoms with Gasteiger partial charge in [0.2, 0.25) is 5.91 Å². The lowest BCUT2D eigenvalue weighted by Gasteiger charge is -2.41. The normalized spacial score (nSPS) is 20.5. The van der Waals surface area contributed by atoms with Gasteiger partial charge in [-0.15, -0.1) is 0 Å². The van der Waals surface area contributed by atoms with Crippen molar-refractivity contribution in [3.05, 3.63) is 65.1 Å². The lowest BCUT2D eigenvalue weighted by Crippen LogP contribution is -2.52. The summed E-state index contributed by atoms with van der Waals surface area (Å²) >= 11 is 0. The molecular weight excluding hydrogens is 469 g/mol. The molecule has 196 valence electrons. The van der Waals surface area contributed by atoms with E-state index in [9.17, 15) is 14.0 Å². The number of rotatable bonds is 2. The first-order valence-corrected chi connectivity index (χ1v) is 13.5. The molecule has 1 atom stereocenters. The zero-order valence-corrected chi connectivity index (χ0v) is 21.7. The van der Waals surface area contributed by atoms with Crippen LogP contribution in [0.3, 0.4) is 0 Å². The van der Waals surface area contributed by atoms with Crippen LogP contribution in [-0.2, 0) is 17.6 Å². The van der Waals surface area contributed by atoms with Crippen molar-refractivity contribution in [2.75, 3.05) is 19.7 Å². The van der Waals surface area contributed by atoms with Gasteiger partial charge >= 0.3 is 0 Å². The van der Waals surface area contributed by atoms with E-state index in [1.165, 1.54) is 17.7 Å². The molecule has 3 heterocycles. The van der Waals surface area contributed by atoms with Crippen LogP contribution < -0.4 is 10.1 Å². The Kier molecular flexibility index (Phi) is 7.22. The number of aromatic nitrogens is 1. The first kappa shape index (κ1) is 25.3. The average molecular weight is 506 g/mol. The van der Waals surface area contributed by atoms with E-state index in [2.05, 4.69) is 16.4 Å². The maximum absolute atomic E-state index is 13.9. The summed E-state index contributed by atoms with van der Waals surface area (Å²) < 4.78 is 19.9. The number of aryl methyl sites for hydroxylation is 2. The summed E-state index contributed by atoms with van der Waals surface area (Å²) in [6, 6.07) is 12.6. The van der Waals surface area contributed by atoms with Gasteiger partial charge in [0.1, 0.15) is 23.9 Å². The highest BCUT2D eigenvalue weighted by molar-refractivity contribution is 6.01. The van der Waals surface area contributed by atoms with Gasteiger partial charge in [0.05, 0.1) is 11.5 Å². The molecule has 2 amide bonds. The molecule has 0 aliphatic carbocycles. The summed E-state index contributed by atoms with van der Waals surface area (Å²) in [5.74, 6) is 0.587. The van der Waals surface area contributed by atoms with E-state index in [-0.39, 0.29) is 23.7 Å². The molecule has 1 spiro atoms. The Morgan fingerprint density at radius 3 is 2.70 bits per heavy atom. The number of carbonyl (C=O) groups is 2. The Balaban J connectivity index is 1.31. The van der Waals surface area contributed by atoms with Crippen LogP contribution >= 0.6 is 0 Å². The molecule has 2 aromatic carbocycles. The summed E-state index contributed by atoms with van der Waals surface area (Å²) in [4.78, 5) is 32.2. The van der Waals surface area contributed by atoms with E-state index in [0.29, 0.717) is 44.7 Å². The number of halogens is 1. The molecule has 37 heavy (non-hydrogen) atoms. The van der Waals surface area contributed by atoms with Crippen molar-refractivity contribution in [1.29, 1.82) is 0 Å². The lowest BCUT2D eigenvalue weighted by atomic mass is 9.73. The van der Waals surface area contributed by atoms with Crippen LogP contribution in [0.25, 0.3) is 10.9 Å². The maximum atomic E-state index is 13.9. The highest BCUT2D eigenvalue weighted by Gasteiger charge is 2.42. The fourth-order valence-electron chi connectivity index (χ4n) is 5.92. The smallest absolute Gasteiger partial charge is 0.270 e. The summed E-state index contributed by atoms with van der Waals surface area (Å²) in [5.41, 5.74) is 2.87. The predicted molar refractivity (Wildman–Crippen MR) is 142 cm³/mol. The van der Waals surface area contributed by atoms with Gasteiger partial charge in [-0.1, -0.05) is 31.5 Å². The molecule has 5 rings (SSSR count). The molecule has 0 bridgehead atoms. The van der Waals surface area contributed by atoms with Crippen molar-refractivity contribution in [2.24, 2.45) is 5.41 Å². The molecule has 7 heteroatoms. The quantitative estimate of drug-likeness (QED) is 0.490. The number of amides is 2. The number of hydrogen-bond donors (Lipinski definition) is 2. The number of nitrogens with one attached hydrogen (secondary N) is 2. The molecule has 0 unspecified atom stereocenters. The molecule has 6 nitrogen and oxygen atoms in total. The van der Waals surface area contributed by atoms with Crippen LogP contribution in [0, 0.1) is 11.2 Å². The van der Waals surface area contributed by atoms with Gasteiger partial charge in [-0.3, -0.25) is 9.59 Å². The number of hydrogen-bond acceptors (Lipinski definition) is 3. The van der Waals surface area contributed by atoms with E-state index >= 15 is 0 Å². The Labute approximate surface area is 217 Å². The second kappa shape index (κ2) is 10.6. The van der Waals surface area contributed by atoms with E-state index in [1.807, 2.05) is 36.9 Å². The predicted octanol–water partition coefficient (Wildman–Crippen LogP) is 5.40. The van der Waals surface area contributed by atoms with Crippen molar-refractivity contribution in [3.8, 4) is 5.75 Å². The fourth-order valence-corrected chi connectivity index (χ4v) is 5.92. The molecule has 2 aliphatic rings. The number of ether oxygens (including phenoxy) is 1. The van der Waals surface area contributed by atoms with Gasteiger partial charge in [0, 0.05) is 24.0 Å². The fraction of sp³-hybridized carbons (Fsp3) is 0.467. The number of H-pyrrole nitrogens is 1. The number of aromatic amines is 1. The van der Waals surface area contributed by atoms with Gasteiger partial charge in [-0.05, 0) is 80.8 Å². The highest BCUT2D eigenvalue weighted by Crippen LogP contribution is 2.38. The second-order valence-electron chi connectivity index (χ2n) is 10.6. The third kappa shape index (κ3) is 5.09. The topological polar surface area (TPSA) is 74.4 Å². The van der Waals surface area contributed by atoms with Gasteiger partial charge in [-0.25, -0.2) is 4.39 Å². The van der Waals surface area contributed by atoms with Crippen molar-refractivity contribution in [1.82, 2.24) is 15.2 Å². The summed E-state index contributed by atoms with van der Waals surface area (Å²) in [7, 11) is 0. The minimum atomic E-state index is -0.485. The number of benzene rings is 2. The van der Waals surface area contributed by atoms with Gasteiger partial charge in [0.25, 0.3) is 5.91 Å². The Morgan fingerprint density at radius 1 is 1.14 bits per heavy atom. The highest BCUT2D eigenvalue weighted by atomic mass is 19.1. The molecule has 0 radical (unpaired) electrons. The summed E-state index contributed by atoms with van der Waals surface area (Å²) in [5, 5.41) is 3.96. The Bertz CT molecular complexity index is 1290.